The van der Waals surface area contributed by atoms with Crippen molar-refractivity contribution < 1.29 is 4.79 Å². The molecule has 7 heteroatoms. The normalized spacial score (nSPS) is 24.0. The molecular formula is C25H28BrN5O. The van der Waals surface area contributed by atoms with Crippen molar-refractivity contribution in [2.45, 2.75) is 57.2 Å². The molecule has 2 aromatic heterocycles. The molecule has 32 heavy (non-hydrogen) atoms. The zero-order valence-electron chi connectivity index (χ0n) is 18.2. The van der Waals surface area contributed by atoms with E-state index in [4.69, 9.17) is 4.98 Å². The Kier molecular flexibility index (Phi) is 5.26. The summed E-state index contributed by atoms with van der Waals surface area (Å²) in [5.41, 5.74) is 3.27. The molecule has 1 aliphatic carbocycles. The fraction of sp³-hybridized carbons (Fsp3) is 0.480. The molecule has 3 aliphatic rings. The lowest BCUT2D eigenvalue weighted by Gasteiger charge is -2.42. The van der Waals surface area contributed by atoms with Crippen molar-refractivity contribution in [1.82, 2.24) is 24.2 Å². The zero-order valence-corrected chi connectivity index (χ0v) is 19.7. The van der Waals surface area contributed by atoms with E-state index >= 15 is 0 Å². The minimum absolute atomic E-state index is 0.276. The van der Waals surface area contributed by atoms with Gasteiger partial charge in [-0.2, -0.15) is 0 Å². The summed E-state index contributed by atoms with van der Waals surface area (Å²) < 4.78 is 3.18. The molecule has 6 rings (SSSR count). The standard InChI is InChI=1S/C25H28BrN5O/c26-19-8-6-17(7-9-19)23-22(30-13-3-12-27-25(30)28-23)16-29-14-20-10-11-21(15-29)31(20)24(32)18-4-1-2-5-18/h3,6-9,12-13,18,20-21H,1-2,4-5,10-11,14-16H2. The lowest BCUT2D eigenvalue weighted by atomic mass is 10.0. The number of fused-ring (bicyclic) bond motifs is 3. The molecular weight excluding hydrogens is 466 g/mol. The summed E-state index contributed by atoms with van der Waals surface area (Å²) in [6.45, 7) is 2.71. The predicted molar refractivity (Wildman–Crippen MR) is 127 cm³/mol. The molecule has 0 N–H and O–H groups in total. The van der Waals surface area contributed by atoms with Gasteiger partial charge in [0.2, 0.25) is 11.7 Å². The van der Waals surface area contributed by atoms with Crippen molar-refractivity contribution in [3.8, 4) is 11.3 Å². The number of hydrogen-bond acceptors (Lipinski definition) is 4. The van der Waals surface area contributed by atoms with Gasteiger partial charge in [-0.15, -0.1) is 0 Å². The van der Waals surface area contributed by atoms with Crippen LogP contribution in [0.2, 0.25) is 0 Å². The minimum Gasteiger partial charge on any atom is -0.334 e. The number of amides is 1. The smallest absolute Gasteiger partial charge is 0.234 e. The van der Waals surface area contributed by atoms with E-state index in [1.165, 1.54) is 18.5 Å². The molecule has 3 aromatic rings. The number of carbonyl (C=O) groups is 1. The van der Waals surface area contributed by atoms with Crippen LogP contribution in [0.3, 0.4) is 0 Å². The molecule has 1 aromatic carbocycles. The summed E-state index contributed by atoms with van der Waals surface area (Å²) in [4.78, 5) is 27.4. The number of carbonyl (C=O) groups excluding carboxylic acids is 1. The van der Waals surface area contributed by atoms with Crippen molar-refractivity contribution in [1.29, 1.82) is 0 Å². The number of likely N-dealkylation sites (tertiary alicyclic amines) is 1. The number of aromatic nitrogens is 3. The summed E-state index contributed by atoms with van der Waals surface area (Å²) >= 11 is 3.53. The van der Waals surface area contributed by atoms with Crippen molar-refractivity contribution in [2.75, 3.05) is 13.1 Å². The second-order valence-electron chi connectivity index (χ2n) is 9.51. The van der Waals surface area contributed by atoms with Gasteiger partial charge in [-0.3, -0.25) is 14.1 Å². The Morgan fingerprint density at radius 2 is 1.75 bits per heavy atom. The monoisotopic (exact) mass is 493 g/mol. The fourth-order valence-electron chi connectivity index (χ4n) is 6.00. The minimum atomic E-state index is 0.276. The number of nitrogens with zero attached hydrogens (tertiary/aromatic N) is 5. The van der Waals surface area contributed by atoms with Crippen LogP contribution in [0, 0.1) is 5.92 Å². The van der Waals surface area contributed by atoms with Crippen LogP contribution in [0.1, 0.15) is 44.2 Å². The Balaban J connectivity index is 1.27. The molecule has 1 amide bonds. The molecule has 3 fully saturated rings. The molecule has 2 aliphatic heterocycles. The summed E-state index contributed by atoms with van der Waals surface area (Å²) in [6, 6.07) is 11.0. The first-order valence-corrected chi connectivity index (χ1v) is 12.6. The van der Waals surface area contributed by atoms with Crippen LogP contribution >= 0.6 is 15.9 Å². The fourth-order valence-corrected chi connectivity index (χ4v) is 6.26. The van der Waals surface area contributed by atoms with Crippen molar-refractivity contribution in [3.63, 3.8) is 0 Å². The maximum absolute atomic E-state index is 13.2. The number of halogens is 1. The Labute approximate surface area is 196 Å². The molecule has 2 unspecified atom stereocenters. The Hall–Kier alpha value is -2.25. The summed E-state index contributed by atoms with van der Waals surface area (Å²) in [5, 5.41) is 0. The highest BCUT2D eigenvalue weighted by Crippen LogP contribution is 2.36. The van der Waals surface area contributed by atoms with E-state index in [9.17, 15) is 4.79 Å². The molecule has 166 valence electrons. The average molecular weight is 494 g/mol. The number of imidazole rings is 1. The molecule has 0 spiro atoms. The quantitative estimate of drug-likeness (QED) is 0.535. The van der Waals surface area contributed by atoms with E-state index in [1.807, 2.05) is 6.07 Å². The van der Waals surface area contributed by atoms with Crippen molar-refractivity contribution in [3.05, 3.63) is 52.9 Å². The van der Waals surface area contributed by atoms with Crippen LogP contribution in [0.25, 0.3) is 17.0 Å². The summed E-state index contributed by atoms with van der Waals surface area (Å²) in [5.74, 6) is 1.45. The Morgan fingerprint density at radius 3 is 2.47 bits per heavy atom. The van der Waals surface area contributed by atoms with Crippen molar-refractivity contribution in [2.24, 2.45) is 5.92 Å². The topological polar surface area (TPSA) is 53.7 Å². The zero-order chi connectivity index (χ0) is 21.7. The van der Waals surface area contributed by atoms with E-state index < -0.39 is 0 Å². The van der Waals surface area contributed by atoms with Crippen LogP contribution in [0.5, 0.6) is 0 Å². The molecule has 6 nitrogen and oxygen atoms in total. The first kappa shape index (κ1) is 20.4. The summed E-state index contributed by atoms with van der Waals surface area (Å²) in [7, 11) is 0. The maximum Gasteiger partial charge on any atom is 0.234 e. The lowest BCUT2D eigenvalue weighted by molar-refractivity contribution is -0.141. The third-order valence-corrected chi connectivity index (χ3v) is 8.04. The Bertz CT molecular complexity index is 1120. The Morgan fingerprint density at radius 1 is 1.03 bits per heavy atom. The second kappa shape index (κ2) is 8.27. The van der Waals surface area contributed by atoms with Gasteiger partial charge in [-0.1, -0.05) is 40.9 Å². The van der Waals surface area contributed by atoms with Gasteiger partial charge in [-0.05, 0) is 43.9 Å². The van der Waals surface area contributed by atoms with Crippen LogP contribution < -0.4 is 0 Å². The second-order valence-corrected chi connectivity index (χ2v) is 10.4. The van der Waals surface area contributed by atoms with Gasteiger partial charge < -0.3 is 4.90 Å². The van der Waals surface area contributed by atoms with E-state index in [-0.39, 0.29) is 5.92 Å². The average Bonchev–Trinajstić information content (AvgIpc) is 3.52. The third-order valence-electron chi connectivity index (χ3n) is 7.51. The van der Waals surface area contributed by atoms with Gasteiger partial charge in [0.25, 0.3) is 0 Å². The number of rotatable bonds is 4. The van der Waals surface area contributed by atoms with E-state index in [0.29, 0.717) is 18.0 Å². The van der Waals surface area contributed by atoms with E-state index in [0.717, 1.165) is 66.8 Å². The van der Waals surface area contributed by atoms with Crippen LogP contribution in [-0.4, -0.2) is 55.2 Å². The molecule has 2 bridgehead atoms. The van der Waals surface area contributed by atoms with Gasteiger partial charge in [0.1, 0.15) is 0 Å². The number of hydrogen-bond donors (Lipinski definition) is 0. The molecule has 4 heterocycles. The van der Waals surface area contributed by atoms with Crippen LogP contribution in [0.15, 0.2) is 47.2 Å². The van der Waals surface area contributed by atoms with Gasteiger partial charge in [0.15, 0.2) is 0 Å². The van der Waals surface area contributed by atoms with E-state index in [1.54, 1.807) is 6.20 Å². The predicted octanol–water partition coefficient (Wildman–Crippen LogP) is 4.52. The first-order valence-electron chi connectivity index (χ1n) is 11.8. The van der Waals surface area contributed by atoms with Gasteiger partial charge >= 0.3 is 0 Å². The highest BCUT2D eigenvalue weighted by atomic mass is 79.9. The molecule has 1 saturated carbocycles. The van der Waals surface area contributed by atoms with Crippen LogP contribution in [-0.2, 0) is 11.3 Å². The molecule has 0 radical (unpaired) electrons. The SMILES string of the molecule is O=C(C1CCCC1)N1C2CCC1CN(Cc1c(-c3ccc(Br)cc3)nc3ncccn13)C2. The largest absolute Gasteiger partial charge is 0.334 e. The van der Waals surface area contributed by atoms with Crippen LogP contribution in [0.4, 0.5) is 0 Å². The van der Waals surface area contributed by atoms with Crippen molar-refractivity contribution >= 4 is 27.6 Å². The molecule has 2 saturated heterocycles. The lowest BCUT2D eigenvalue weighted by Crippen LogP contribution is -2.56. The number of benzene rings is 1. The first-order chi connectivity index (χ1) is 15.7. The molecule has 2 atom stereocenters. The van der Waals surface area contributed by atoms with Gasteiger partial charge in [0.05, 0.1) is 11.4 Å². The number of piperazine rings is 1. The summed E-state index contributed by atoms with van der Waals surface area (Å²) in [6.07, 6.45) is 10.7. The highest BCUT2D eigenvalue weighted by molar-refractivity contribution is 9.10. The van der Waals surface area contributed by atoms with Gasteiger partial charge in [0, 0.05) is 60.1 Å². The third kappa shape index (κ3) is 3.55. The highest BCUT2D eigenvalue weighted by Gasteiger charge is 2.44. The van der Waals surface area contributed by atoms with Gasteiger partial charge in [-0.25, -0.2) is 9.97 Å². The maximum atomic E-state index is 13.2. The van der Waals surface area contributed by atoms with E-state index in [2.05, 4.69) is 65.6 Å².